The van der Waals surface area contributed by atoms with Gasteiger partial charge in [0.1, 0.15) is 17.3 Å². The first-order valence-electron chi connectivity index (χ1n) is 7.79. The molecule has 0 spiro atoms. The average Bonchev–Trinajstić information content (AvgIpc) is 2.84. The molecule has 1 N–H and O–H groups in total. The highest BCUT2D eigenvalue weighted by Gasteiger charge is 2.34. The predicted octanol–water partition coefficient (Wildman–Crippen LogP) is 4.71. The normalized spacial score (nSPS) is 17.6. The number of hydrogen-bond acceptors (Lipinski definition) is 3. The van der Waals surface area contributed by atoms with Crippen LogP contribution in [0.1, 0.15) is 58.4 Å². The summed E-state index contributed by atoms with van der Waals surface area (Å²) in [6, 6.07) is 0. The maximum Gasteiger partial charge on any atom is 0.137 e. The minimum Gasteiger partial charge on any atom is -0.369 e. The number of nitrogens with one attached hydrogen (secondary N) is 1. The summed E-state index contributed by atoms with van der Waals surface area (Å²) >= 11 is 6.15. The van der Waals surface area contributed by atoms with Gasteiger partial charge in [0.05, 0.1) is 0 Å². The lowest BCUT2D eigenvalue weighted by atomic mass is 9.78. The summed E-state index contributed by atoms with van der Waals surface area (Å²) in [5, 5.41) is 4.14. The SMILES string of the molecule is CCc1c(Cl)ncnc1NCC1(CC(C)C)CCCC1. The molecule has 1 aliphatic rings. The lowest BCUT2D eigenvalue weighted by molar-refractivity contribution is 0.252. The van der Waals surface area contributed by atoms with E-state index in [2.05, 4.69) is 36.1 Å². The Morgan fingerprint density at radius 3 is 2.60 bits per heavy atom. The van der Waals surface area contributed by atoms with Crippen molar-refractivity contribution in [3.8, 4) is 0 Å². The third-order valence-corrected chi connectivity index (χ3v) is 4.71. The zero-order valence-electron chi connectivity index (χ0n) is 12.9. The smallest absolute Gasteiger partial charge is 0.137 e. The lowest BCUT2D eigenvalue weighted by Gasteiger charge is -2.31. The Balaban J connectivity index is 2.08. The molecule has 1 aromatic rings. The third kappa shape index (κ3) is 3.63. The van der Waals surface area contributed by atoms with E-state index in [0.29, 0.717) is 10.6 Å². The van der Waals surface area contributed by atoms with Crippen molar-refractivity contribution in [3.63, 3.8) is 0 Å². The van der Waals surface area contributed by atoms with E-state index in [1.165, 1.54) is 32.1 Å². The average molecular weight is 296 g/mol. The molecule has 112 valence electrons. The van der Waals surface area contributed by atoms with Gasteiger partial charge >= 0.3 is 0 Å². The topological polar surface area (TPSA) is 37.8 Å². The van der Waals surface area contributed by atoms with Gasteiger partial charge in [-0.3, -0.25) is 0 Å². The highest BCUT2D eigenvalue weighted by Crippen LogP contribution is 2.43. The Labute approximate surface area is 127 Å². The van der Waals surface area contributed by atoms with Crippen molar-refractivity contribution in [2.45, 2.75) is 59.3 Å². The number of halogens is 1. The molecule has 0 aromatic carbocycles. The molecule has 1 heterocycles. The van der Waals surface area contributed by atoms with Crippen molar-refractivity contribution in [1.29, 1.82) is 0 Å². The van der Waals surface area contributed by atoms with E-state index >= 15 is 0 Å². The first kappa shape index (κ1) is 15.6. The second-order valence-electron chi connectivity index (χ2n) is 6.50. The van der Waals surface area contributed by atoms with Gasteiger partial charge in [-0.15, -0.1) is 0 Å². The van der Waals surface area contributed by atoms with Crippen LogP contribution in [0.2, 0.25) is 5.15 Å². The third-order valence-electron chi connectivity index (χ3n) is 4.38. The molecule has 3 nitrogen and oxygen atoms in total. The van der Waals surface area contributed by atoms with Gasteiger partial charge in [-0.05, 0) is 37.0 Å². The number of anilines is 1. The molecule has 1 fully saturated rings. The van der Waals surface area contributed by atoms with Crippen LogP contribution in [0.25, 0.3) is 0 Å². The van der Waals surface area contributed by atoms with Crippen LogP contribution in [-0.4, -0.2) is 16.5 Å². The van der Waals surface area contributed by atoms with Gasteiger partial charge in [-0.2, -0.15) is 0 Å². The Bertz CT molecular complexity index is 439. The number of aromatic nitrogens is 2. The highest BCUT2D eigenvalue weighted by atomic mass is 35.5. The molecule has 0 radical (unpaired) electrons. The molecule has 1 aromatic heterocycles. The van der Waals surface area contributed by atoms with Gasteiger partial charge in [0.25, 0.3) is 0 Å². The first-order valence-corrected chi connectivity index (χ1v) is 8.17. The number of hydrogen-bond donors (Lipinski definition) is 1. The van der Waals surface area contributed by atoms with Crippen molar-refractivity contribution in [3.05, 3.63) is 17.0 Å². The van der Waals surface area contributed by atoms with Crippen LogP contribution in [0.3, 0.4) is 0 Å². The second kappa shape index (κ2) is 6.75. The van der Waals surface area contributed by atoms with Crippen molar-refractivity contribution in [2.75, 3.05) is 11.9 Å². The van der Waals surface area contributed by atoms with E-state index in [-0.39, 0.29) is 0 Å². The Kier molecular flexibility index (Phi) is 5.25. The van der Waals surface area contributed by atoms with Gasteiger partial charge in [0, 0.05) is 12.1 Å². The maximum absolute atomic E-state index is 6.15. The Morgan fingerprint density at radius 1 is 1.30 bits per heavy atom. The van der Waals surface area contributed by atoms with Gasteiger partial charge in [-0.1, -0.05) is 45.2 Å². The van der Waals surface area contributed by atoms with Crippen LogP contribution < -0.4 is 5.32 Å². The van der Waals surface area contributed by atoms with E-state index in [9.17, 15) is 0 Å². The van der Waals surface area contributed by atoms with E-state index in [1.54, 1.807) is 6.33 Å². The summed E-state index contributed by atoms with van der Waals surface area (Å²) in [5.74, 6) is 1.66. The van der Waals surface area contributed by atoms with Crippen molar-refractivity contribution < 1.29 is 0 Å². The summed E-state index contributed by atoms with van der Waals surface area (Å²) in [4.78, 5) is 8.45. The van der Waals surface area contributed by atoms with Crippen LogP contribution in [-0.2, 0) is 6.42 Å². The largest absolute Gasteiger partial charge is 0.369 e. The van der Waals surface area contributed by atoms with E-state index in [4.69, 9.17) is 11.6 Å². The van der Waals surface area contributed by atoms with Gasteiger partial charge in [0.2, 0.25) is 0 Å². The molecular formula is C16H26ClN3. The molecule has 2 rings (SSSR count). The fourth-order valence-corrected chi connectivity index (χ4v) is 3.84. The van der Waals surface area contributed by atoms with Crippen LogP contribution >= 0.6 is 11.6 Å². The quantitative estimate of drug-likeness (QED) is 0.772. The molecule has 0 saturated heterocycles. The highest BCUT2D eigenvalue weighted by molar-refractivity contribution is 6.30. The van der Waals surface area contributed by atoms with E-state index in [0.717, 1.165) is 30.3 Å². The Morgan fingerprint density at radius 2 is 2.00 bits per heavy atom. The van der Waals surface area contributed by atoms with E-state index in [1.807, 2.05) is 0 Å². The summed E-state index contributed by atoms with van der Waals surface area (Å²) in [6.45, 7) is 7.74. The van der Waals surface area contributed by atoms with Crippen LogP contribution in [0.5, 0.6) is 0 Å². The summed E-state index contributed by atoms with van der Waals surface area (Å²) in [7, 11) is 0. The summed E-state index contributed by atoms with van der Waals surface area (Å²) in [6.07, 6.45) is 9.09. The molecule has 1 saturated carbocycles. The summed E-state index contributed by atoms with van der Waals surface area (Å²) in [5.41, 5.74) is 1.48. The number of rotatable bonds is 6. The second-order valence-corrected chi connectivity index (χ2v) is 6.86. The molecule has 0 atom stereocenters. The Hall–Kier alpha value is -0.830. The number of nitrogens with zero attached hydrogens (tertiary/aromatic N) is 2. The monoisotopic (exact) mass is 295 g/mol. The standard InChI is InChI=1S/C16H26ClN3/c1-4-13-14(17)19-11-20-15(13)18-10-16(9-12(2)3)7-5-6-8-16/h11-12H,4-10H2,1-3H3,(H,18,19,20). The molecule has 0 amide bonds. The molecule has 20 heavy (non-hydrogen) atoms. The van der Waals surface area contributed by atoms with E-state index < -0.39 is 0 Å². The zero-order valence-corrected chi connectivity index (χ0v) is 13.6. The summed E-state index contributed by atoms with van der Waals surface area (Å²) < 4.78 is 0. The lowest BCUT2D eigenvalue weighted by Crippen LogP contribution is -2.29. The maximum atomic E-state index is 6.15. The van der Waals surface area contributed by atoms with Crippen molar-refractivity contribution in [1.82, 2.24) is 9.97 Å². The minimum atomic E-state index is 0.441. The molecule has 0 aliphatic heterocycles. The van der Waals surface area contributed by atoms with Crippen molar-refractivity contribution >= 4 is 17.4 Å². The molecule has 0 bridgehead atoms. The fraction of sp³-hybridized carbons (Fsp3) is 0.750. The molecule has 4 heteroatoms. The minimum absolute atomic E-state index is 0.441. The molecular weight excluding hydrogens is 270 g/mol. The van der Waals surface area contributed by atoms with Crippen LogP contribution in [0.4, 0.5) is 5.82 Å². The van der Waals surface area contributed by atoms with Crippen LogP contribution in [0.15, 0.2) is 6.33 Å². The predicted molar refractivity (Wildman–Crippen MR) is 85.3 cm³/mol. The van der Waals surface area contributed by atoms with Gasteiger partial charge < -0.3 is 5.32 Å². The zero-order chi connectivity index (χ0) is 14.6. The first-order chi connectivity index (χ1) is 9.56. The van der Waals surface area contributed by atoms with Crippen molar-refractivity contribution in [2.24, 2.45) is 11.3 Å². The molecule has 1 aliphatic carbocycles. The van der Waals surface area contributed by atoms with Crippen LogP contribution in [0, 0.1) is 11.3 Å². The van der Waals surface area contributed by atoms with Gasteiger partial charge in [-0.25, -0.2) is 9.97 Å². The molecule has 0 unspecified atom stereocenters. The fourth-order valence-electron chi connectivity index (χ4n) is 3.57. The van der Waals surface area contributed by atoms with Gasteiger partial charge in [0.15, 0.2) is 0 Å².